The van der Waals surface area contributed by atoms with Crippen LogP contribution in [0.15, 0.2) is 237 Å². The summed E-state index contributed by atoms with van der Waals surface area (Å²) in [7, 11) is 0. The molecule has 4 nitrogen and oxygen atoms in total. The van der Waals surface area contributed by atoms with E-state index in [-0.39, 0.29) is 16.2 Å². The van der Waals surface area contributed by atoms with Crippen LogP contribution in [0.3, 0.4) is 0 Å². The second-order valence-corrected chi connectivity index (χ2v) is 32.1. The second kappa shape index (κ2) is 20.0. The largest absolute Gasteiger partial charge is 0.310 e. The highest BCUT2D eigenvalue weighted by Gasteiger charge is 2.54. The summed E-state index contributed by atoms with van der Waals surface area (Å²) in [6, 6.07) is 92.0. The zero-order valence-corrected chi connectivity index (χ0v) is 58.8. The third-order valence-electron chi connectivity index (χ3n) is 24.1. The first-order valence-electron chi connectivity index (χ1n) is 35.1. The van der Waals surface area contributed by atoms with Gasteiger partial charge in [0.15, 0.2) is 0 Å². The van der Waals surface area contributed by atoms with Crippen LogP contribution in [0.4, 0.5) is 68.2 Å². The van der Waals surface area contributed by atoms with Crippen LogP contribution in [0.2, 0.25) is 0 Å². The summed E-state index contributed by atoms with van der Waals surface area (Å²) in [5.74, 6) is 0. The van der Waals surface area contributed by atoms with Crippen molar-refractivity contribution < 1.29 is 0 Å². The van der Waals surface area contributed by atoms with Gasteiger partial charge in [-0.25, -0.2) is 0 Å². The molecule has 3 aliphatic heterocycles. The summed E-state index contributed by atoms with van der Waals surface area (Å²) in [4.78, 5) is 10.5. The molecule has 0 atom stereocenters. The maximum absolute atomic E-state index is 2.77. The van der Waals surface area contributed by atoms with Crippen molar-refractivity contribution in [2.75, 3.05) is 19.6 Å². The highest BCUT2D eigenvalue weighted by Crippen LogP contribution is 2.69. The molecule has 12 aromatic carbocycles. The van der Waals surface area contributed by atoms with Crippen LogP contribution in [-0.4, -0.2) is 0 Å². The summed E-state index contributed by atoms with van der Waals surface area (Å²) in [6.45, 7) is 36.1. The number of aryl methyl sites for hydroxylation is 3. The predicted octanol–water partition coefficient (Wildman–Crippen LogP) is 25.3. The lowest BCUT2D eigenvalue weighted by molar-refractivity contribution is 0.567. The number of benzene rings is 12. The molecular weight excluding hydrogens is 1170 g/mol. The molecule has 0 saturated heterocycles. The van der Waals surface area contributed by atoms with Gasteiger partial charge in [-0.1, -0.05) is 227 Å². The fraction of sp³-hybridized carbons (Fsp3) is 0.226. The topological polar surface area (TPSA) is 13.0 Å². The van der Waals surface area contributed by atoms with E-state index in [4.69, 9.17) is 0 Å². The zero-order chi connectivity index (χ0) is 66.9. The summed E-state index contributed by atoms with van der Waals surface area (Å²) in [6.07, 6.45) is 0. The fourth-order valence-electron chi connectivity index (χ4n) is 18.5. The van der Waals surface area contributed by atoms with Crippen molar-refractivity contribution in [1.29, 1.82) is 0 Å². The van der Waals surface area contributed by atoms with E-state index in [0.717, 1.165) is 51.2 Å². The first-order valence-corrected chi connectivity index (χ1v) is 35.1. The maximum Gasteiger partial charge on any atom is 0.0545 e. The van der Waals surface area contributed by atoms with Gasteiger partial charge in [-0.15, -0.1) is 0 Å². The van der Waals surface area contributed by atoms with Gasteiger partial charge in [0, 0.05) is 83.7 Å². The van der Waals surface area contributed by atoms with Crippen LogP contribution >= 0.6 is 0 Å². The SMILES string of the molecule is Cc1ccc(N(c2ccc3c(c2)C(C)(C)c2ccccc2-3)c2cc3c4c(c2)C(C)(C)c2cc(N(c5ccc(C)cc5)c5ccc6c(c5)C(C)(C)c5ccccc5-6)cc5c2N4c2c(cc(N(c4ccc(C)cc4)c4ccc6c(c4)C(C)(C)c4ccccc4-6)cc2C5(C)C)C3(C)C)cc1. The Morgan fingerprint density at radius 2 is 0.392 bits per heavy atom. The maximum atomic E-state index is 2.77. The van der Waals surface area contributed by atoms with E-state index >= 15 is 0 Å². The standard InChI is InChI=1S/C93H84N4/c1-55-28-34-58(35-29-55)94(61-40-43-70-67-22-16-19-25-73(67)88(4,5)76(70)46-61)64-49-79-85-80(50-64)92(12,13)82-52-66(96(60-38-32-57(3)33-39-60)63-42-45-72-69-24-18-21-27-75(69)90(8,9)78(72)48-63)54-84-87(82)97(85)86-81(91(79,10)11)51-65(53-83(86)93(84,14)15)95(59-36-30-56(2)31-37-59)62-41-44-71-68-23-17-20-26-74(68)89(6,7)77(71)47-62/h16-54H,1-15H3. The van der Waals surface area contributed by atoms with Crippen molar-refractivity contribution in [2.24, 2.45) is 0 Å². The first-order chi connectivity index (χ1) is 46.3. The molecule has 4 heteroatoms. The number of nitrogens with zero attached hydrogens (tertiary/aromatic N) is 4. The summed E-state index contributed by atoms with van der Waals surface area (Å²) in [5, 5.41) is 0. The molecule has 0 bridgehead atoms. The lowest BCUT2D eigenvalue weighted by atomic mass is 9.60. The Hall–Kier alpha value is -10.2. The molecule has 0 N–H and O–H groups in total. The normalized spacial score (nSPS) is 16.7. The van der Waals surface area contributed by atoms with E-state index in [0.29, 0.717) is 0 Å². The van der Waals surface area contributed by atoms with E-state index in [9.17, 15) is 0 Å². The average molecular weight is 1260 g/mol. The number of hydrogen-bond donors (Lipinski definition) is 0. The minimum absolute atomic E-state index is 0.187. The van der Waals surface area contributed by atoms with Gasteiger partial charge >= 0.3 is 0 Å². The second-order valence-electron chi connectivity index (χ2n) is 32.1. The molecule has 0 unspecified atom stereocenters. The van der Waals surface area contributed by atoms with Crippen molar-refractivity contribution >= 4 is 68.2 Å². The van der Waals surface area contributed by atoms with Crippen LogP contribution < -0.4 is 19.6 Å². The molecule has 18 rings (SSSR count). The summed E-state index contributed by atoms with van der Waals surface area (Å²) < 4.78 is 0. The molecule has 6 aliphatic rings. The Balaban J connectivity index is 0.916. The highest BCUT2D eigenvalue weighted by molar-refractivity contribution is 6.03. The van der Waals surface area contributed by atoms with E-state index < -0.39 is 16.2 Å². The van der Waals surface area contributed by atoms with Gasteiger partial charge in [-0.3, -0.25) is 0 Å². The Bertz CT molecular complexity index is 4760. The molecule has 97 heavy (non-hydrogen) atoms. The van der Waals surface area contributed by atoms with Crippen molar-refractivity contribution in [1.82, 2.24) is 0 Å². The van der Waals surface area contributed by atoms with Crippen LogP contribution in [0, 0.1) is 20.8 Å². The number of fused-ring (bicyclic) bond motifs is 9. The summed E-state index contributed by atoms with van der Waals surface area (Å²) in [5.41, 5.74) is 39.9. The van der Waals surface area contributed by atoms with Gasteiger partial charge in [0.1, 0.15) is 0 Å². The molecule has 0 aromatic heterocycles. The third kappa shape index (κ3) is 8.17. The van der Waals surface area contributed by atoms with Crippen molar-refractivity contribution in [3.8, 4) is 33.4 Å². The molecule has 0 saturated carbocycles. The smallest absolute Gasteiger partial charge is 0.0545 e. The Labute approximate surface area is 574 Å². The van der Waals surface area contributed by atoms with Crippen LogP contribution in [0.1, 0.15) is 167 Å². The van der Waals surface area contributed by atoms with Gasteiger partial charge in [0.2, 0.25) is 0 Å². The third-order valence-corrected chi connectivity index (χ3v) is 24.1. The van der Waals surface area contributed by atoms with Gasteiger partial charge in [-0.05, 0) is 230 Å². The van der Waals surface area contributed by atoms with Crippen molar-refractivity contribution in [3.05, 3.63) is 320 Å². The van der Waals surface area contributed by atoms with E-state index in [1.54, 1.807) is 0 Å². The molecule has 12 aromatic rings. The predicted molar refractivity (Wildman–Crippen MR) is 408 cm³/mol. The van der Waals surface area contributed by atoms with E-state index in [2.05, 4.69) is 360 Å². The molecular formula is C93H84N4. The summed E-state index contributed by atoms with van der Waals surface area (Å²) >= 11 is 0. The van der Waals surface area contributed by atoms with Crippen LogP contribution in [-0.2, 0) is 32.5 Å². The van der Waals surface area contributed by atoms with Gasteiger partial charge in [0.05, 0.1) is 17.1 Å². The monoisotopic (exact) mass is 1260 g/mol. The molecule has 3 heterocycles. The highest BCUT2D eigenvalue weighted by atomic mass is 15.2. The van der Waals surface area contributed by atoms with Gasteiger partial charge in [0.25, 0.3) is 0 Å². The van der Waals surface area contributed by atoms with Crippen LogP contribution in [0.5, 0.6) is 0 Å². The molecule has 0 amide bonds. The lowest BCUT2D eigenvalue weighted by Crippen LogP contribution is -2.44. The Kier molecular flexibility index (Phi) is 12.2. The number of hydrogen-bond acceptors (Lipinski definition) is 4. The molecule has 0 spiro atoms. The Morgan fingerprint density at radius 1 is 0.196 bits per heavy atom. The van der Waals surface area contributed by atoms with Gasteiger partial charge in [-0.2, -0.15) is 0 Å². The number of rotatable bonds is 9. The molecule has 0 fully saturated rings. The van der Waals surface area contributed by atoms with E-state index in [1.807, 2.05) is 0 Å². The minimum Gasteiger partial charge on any atom is -0.310 e. The lowest BCUT2D eigenvalue weighted by Gasteiger charge is -2.55. The first kappa shape index (κ1) is 59.3. The van der Waals surface area contributed by atoms with Crippen molar-refractivity contribution in [2.45, 2.75) is 136 Å². The molecule has 476 valence electrons. The van der Waals surface area contributed by atoms with Crippen LogP contribution in [0.25, 0.3) is 33.4 Å². The van der Waals surface area contributed by atoms with E-state index in [1.165, 1.54) is 134 Å². The number of anilines is 12. The minimum atomic E-state index is -0.498. The van der Waals surface area contributed by atoms with Crippen molar-refractivity contribution in [3.63, 3.8) is 0 Å². The van der Waals surface area contributed by atoms with Gasteiger partial charge < -0.3 is 19.6 Å². The Morgan fingerprint density at radius 3 is 0.639 bits per heavy atom. The average Bonchev–Trinajstić information content (AvgIpc) is 1.41. The molecule has 3 aliphatic carbocycles. The molecule has 0 radical (unpaired) electrons. The quantitative estimate of drug-likeness (QED) is 0.143. The zero-order valence-electron chi connectivity index (χ0n) is 58.8. The fourth-order valence-corrected chi connectivity index (χ4v) is 18.5.